The lowest BCUT2D eigenvalue weighted by Crippen LogP contribution is -2.37. The van der Waals surface area contributed by atoms with Gasteiger partial charge in [-0.2, -0.15) is 5.10 Å². The lowest BCUT2D eigenvalue weighted by molar-refractivity contribution is 0.144. The first kappa shape index (κ1) is 15.2. The van der Waals surface area contributed by atoms with Crippen LogP contribution in [0.2, 0.25) is 0 Å². The minimum absolute atomic E-state index is 0.285. The van der Waals surface area contributed by atoms with E-state index in [0.717, 1.165) is 11.1 Å². The van der Waals surface area contributed by atoms with E-state index in [1.807, 2.05) is 28.9 Å². The Labute approximate surface area is 140 Å². The molecule has 3 atom stereocenters. The van der Waals surface area contributed by atoms with Crippen LogP contribution in [0.25, 0.3) is 0 Å². The van der Waals surface area contributed by atoms with Crippen molar-refractivity contribution in [2.75, 3.05) is 5.32 Å². The zero-order valence-electron chi connectivity index (χ0n) is 13.6. The van der Waals surface area contributed by atoms with Crippen LogP contribution in [-0.2, 0) is 6.42 Å². The van der Waals surface area contributed by atoms with Gasteiger partial charge in [0.05, 0.1) is 24.4 Å². The summed E-state index contributed by atoms with van der Waals surface area (Å²) in [5, 5.41) is 20.4. The van der Waals surface area contributed by atoms with E-state index in [4.69, 9.17) is 0 Å². The molecular weight excluding hydrogens is 304 g/mol. The Bertz CT molecular complexity index is 753. The van der Waals surface area contributed by atoms with Crippen molar-refractivity contribution in [1.82, 2.24) is 15.1 Å². The number of hydrogen-bond donors (Lipinski definition) is 3. The zero-order valence-corrected chi connectivity index (χ0v) is 13.6. The molecule has 3 N–H and O–H groups in total. The molecule has 1 saturated carbocycles. The van der Waals surface area contributed by atoms with E-state index in [-0.39, 0.29) is 18.1 Å². The maximum absolute atomic E-state index is 12.4. The molecule has 2 aromatic rings. The van der Waals surface area contributed by atoms with Crippen LogP contribution in [0.4, 0.5) is 10.6 Å². The molecule has 6 heteroatoms. The molecule has 126 valence electrons. The van der Waals surface area contributed by atoms with Crippen LogP contribution in [0.3, 0.4) is 0 Å². The van der Waals surface area contributed by atoms with Gasteiger partial charge in [0.1, 0.15) is 5.82 Å². The summed E-state index contributed by atoms with van der Waals surface area (Å²) in [5.41, 5.74) is 2.07. The van der Waals surface area contributed by atoms with Crippen molar-refractivity contribution in [3.05, 3.63) is 47.7 Å². The first-order chi connectivity index (χ1) is 11.6. The molecule has 0 bridgehead atoms. The van der Waals surface area contributed by atoms with Gasteiger partial charge in [0.25, 0.3) is 0 Å². The molecule has 2 aliphatic rings. The predicted molar refractivity (Wildman–Crippen MR) is 90.7 cm³/mol. The molecule has 1 aromatic carbocycles. The number of amides is 2. The summed E-state index contributed by atoms with van der Waals surface area (Å²) in [6.07, 6.45) is 4.12. The molecule has 1 heterocycles. The number of nitrogens with one attached hydrogen (secondary N) is 2. The average molecular weight is 326 g/mol. The van der Waals surface area contributed by atoms with Gasteiger partial charge in [-0.3, -0.25) is 5.32 Å². The Morgan fingerprint density at radius 1 is 1.33 bits per heavy atom. The molecule has 4 rings (SSSR count). The number of aromatic nitrogens is 2. The number of nitrogens with zero attached hydrogens (tertiary/aromatic N) is 2. The van der Waals surface area contributed by atoms with Gasteiger partial charge < -0.3 is 10.4 Å². The molecule has 1 fully saturated rings. The van der Waals surface area contributed by atoms with E-state index in [1.54, 1.807) is 12.3 Å². The van der Waals surface area contributed by atoms with E-state index < -0.39 is 6.10 Å². The van der Waals surface area contributed by atoms with Gasteiger partial charge >= 0.3 is 6.03 Å². The third-order valence-corrected chi connectivity index (χ3v) is 5.09. The fourth-order valence-electron chi connectivity index (χ4n) is 3.56. The topological polar surface area (TPSA) is 79.2 Å². The summed E-state index contributed by atoms with van der Waals surface area (Å²) in [7, 11) is 0. The molecule has 0 aliphatic heterocycles. The second kappa shape index (κ2) is 5.94. The van der Waals surface area contributed by atoms with Gasteiger partial charge in [-0.25, -0.2) is 9.48 Å². The van der Waals surface area contributed by atoms with E-state index in [9.17, 15) is 9.90 Å². The Kier molecular flexibility index (Phi) is 3.76. The summed E-state index contributed by atoms with van der Waals surface area (Å²) in [5.74, 6) is 1.34. The van der Waals surface area contributed by atoms with Gasteiger partial charge in [0.2, 0.25) is 0 Å². The Balaban J connectivity index is 1.45. The molecule has 2 amide bonds. The van der Waals surface area contributed by atoms with Crippen LogP contribution in [0.15, 0.2) is 36.5 Å². The molecule has 2 aliphatic carbocycles. The highest BCUT2D eigenvalue weighted by Gasteiger charge is 2.33. The first-order valence-electron chi connectivity index (χ1n) is 8.50. The van der Waals surface area contributed by atoms with E-state index in [1.165, 1.54) is 12.8 Å². The smallest absolute Gasteiger partial charge is 0.320 e. The first-order valence-corrected chi connectivity index (χ1v) is 8.50. The third-order valence-electron chi connectivity index (χ3n) is 5.09. The van der Waals surface area contributed by atoms with Crippen LogP contribution in [-0.4, -0.2) is 27.0 Å². The van der Waals surface area contributed by atoms with Gasteiger partial charge in [-0.1, -0.05) is 24.3 Å². The summed E-state index contributed by atoms with van der Waals surface area (Å²) in [6, 6.07) is 9.21. The number of carbonyl (C=O) groups excluding carboxylic acids is 1. The van der Waals surface area contributed by atoms with Crippen molar-refractivity contribution in [3.8, 4) is 0 Å². The van der Waals surface area contributed by atoms with Crippen molar-refractivity contribution in [2.45, 2.75) is 44.4 Å². The van der Waals surface area contributed by atoms with Gasteiger partial charge in [0.15, 0.2) is 0 Å². The van der Waals surface area contributed by atoms with Crippen LogP contribution in [0.5, 0.6) is 0 Å². The molecule has 0 spiro atoms. The van der Waals surface area contributed by atoms with Crippen molar-refractivity contribution in [3.63, 3.8) is 0 Å². The van der Waals surface area contributed by atoms with Crippen molar-refractivity contribution in [2.24, 2.45) is 5.92 Å². The zero-order chi connectivity index (χ0) is 16.7. The molecule has 6 nitrogen and oxygen atoms in total. The maximum Gasteiger partial charge on any atom is 0.320 e. The number of carbonyl (C=O) groups is 1. The van der Waals surface area contributed by atoms with Gasteiger partial charge in [0, 0.05) is 12.5 Å². The maximum atomic E-state index is 12.4. The Morgan fingerprint density at radius 3 is 2.92 bits per heavy atom. The summed E-state index contributed by atoms with van der Waals surface area (Å²) in [4.78, 5) is 12.4. The highest BCUT2D eigenvalue weighted by molar-refractivity contribution is 5.88. The van der Waals surface area contributed by atoms with E-state index in [0.29, 0.717) is 18.2 Å². The highest BCUT2D eigenvalue weighted by atomic mass is 16.3. The van der Waals surface area contributed by atoms with E-state index >= 15 is 0 Å². The molecule has 24 heavy (non-hydrogen) atoms. The second-order valence-electron chi connectivity index (χ2n) is 6.79. The number of benzene rings is 1. The third kappa shape index (κ3) is 2.78. The van der Waals surface area contributed by atoms with Gasteiger partial charge in [-0.05, 0) is 36.8 Å². The number of anilines is 1. The predicted octanol–water partition coefficient (Wildman–Crippen LogP) is 2.63. The Morgan fingerprint density at radius 2 is 2.12 bits per heavy atom. The minimum atomic E-state index is -0.594. The Hall–Kier alpha value is -2.34. The van der Waals surface area contributed by atoms with Crippen LogP contribution in [0, 0.1) is 5.92 Å². The molecule has 0 unspecified atom stereocenters. The largest absolute Gasteiger partial charge is 0.390 e. The summed E-state index contributed by atoms with van der Waals surface area (Å²) in [6.45, 7) is 2.13. The number of fused-ring (bicyclic) bond motifs is 1. The SMILES string of the molecule is C[C@H](C1CC1)n1nccc1NC(=O)N[C@H]1c2ccccc2C[C@@H]1O. The summed E-state index contributed by atoms with van der Waals surface area (Å²) >= 11 is 0. The van der Waals surface area contributed by atoms with Crippen LogP contribution in [0.1, 0.15) is 43.0 Å². The van der Waals surface area contributed by atoms with Crippen molar-refractivity contribution in [1.29, 1.82) is 0 Å². The lowest BCUT2D eigenvalue weighted by atomic mass is 10.1. The highest BCUT2D eigenvalue weighted by Crippen LogP contribution is 2.40. The van der Waals surface area contributed by atoms with Gasteiger partial charge in [-0.15, -0.1) is 0 Å². The fourth-order valence-corrected chi connectivity index (χ4v) is 3.56. The van der Waals surface area contributed by atoms with E-state index in [2.05, 4.69) is 22.7 Å². The normalized spacial score (nSPS) is 23.6. The monoisotopic (exact) mass is 326 g/mol. The van der Waals surface area contributed by atoms with Crippen molar-refractivity contribution < 1.29 is 9.90 Å². The number of aliphatic hydroxyl groups is 1. The number of aliphatic hydroxyl groups excluding tert-OH is 1. The quantitative estimate of drug-likeness (QED) is 0.808. The number of hydrogen-bond acceptors (Lipinski definition) is 3. The van der Waals surface area contributed by atoms with Crippen molar-refractivity contribution >= 4 is 11.8 Å². The lowest BCUT2D eigenvalue weighted by Gasteiger charge is -2.20. The average Bonchev–Trinajstić information content (AvgIpc) is 3.25. The molecule has 1 aromatic heterocycles. The molecule has 0 radical (unpaired) electrons. The summed E-state index contributed by atoms with van der Waals surface area (Å²) < 4.78 is 1.87. The minimum Gasteiger partial charge on any atom is -0.390 e. The fraction of sp³-hybridized carbons (Fsp3) is 0.444. The van der Waals surface area contributed by atoms with Crippen LogP contribution >= 0.6 is 0 Å². The van der Waals surface area contributed by atoms with Crippen LogP contribution < -0.4 is 10.6 Å². The molecule has 0 saturated heterocycles. The number of urea groups is 1. The molecular formula is C18H22N4O2. The standard InChI is InChI=1S/C18H22N4O2/c1-11(12-6-7-12)22-16(8-9-19-22)20-18(24)21-17-14-5-3-2-4-13(14)10-15(17)23/h2-5,8-9,11-12,15,17,23H,6-7,10H2,1H3,(H2,20,21,24)/t11-,15+,17+/m1/s1. The number of rotatable bonds is 4. The second-order valence-corrected chi connectivity index (χ2v) is 6.79.